The number of hydrogen-bond acceptors (Lipinski definition) is 6. The van der Waals surface area contributed by atoms with Crippen LogP contribution in [0.3, 0.4) is 0 Å². The lowest BCUT2D eigenvalue weighted by Gasteiger charge is -1.94. The Morgan fingerprint density at radius 1 is 1.32 bits per heavy atom. The predicted molar refractivity (Wildman–Crippen MR) is 80.8 cm³/mol. The second-order valence-electron chi connectivity index (χ2n) is 3.81. The Hall–Kier alpha value is -0.980. The summed E-state index contributed by atoms with van der Waals surface area (Å²) in [6.07, 6.45) is 0. The van der Waals surface area contributed by atoms with Crippen LogP contribution in [0.25, 0.3) is 11.5 Å². The minimum Gasteiger partial charge on any atom is -0.334 e. The van der Waals surface area contributed by atoms with Gasteiger partial charge in [0.05, 0.1) is 12.3 Å². The van der Waals surface area contributed by atoms with E-state index >= 15 is 0 Å². The van der Waals surface area contributed by atoms with Gasteiger partial charge in [-0.05, 0) is 24.3 Å². The van der Waals surface area contributed by atoms with Gasteiger partial charge in [-0.2, -0.15) is 4.98 Å². The Bertz CT molecular complexity index is 597. The summed E-state index contributed by atoms with van der Waals surface area (Å²) in [6, 6.07) is 7.34. The molecular weight excluding hydrogens is 302 g/mol. The first-order valence-corrected chi connectivity index (χ1v) is 8.05. The van der Waals surface area contributed by atoms with Gasteiger partial charge in [0.1, 0.15) is 4.38 Å². The fourth-order valence-corrected chi connectivity index (χ4v) is 3.53. The molecule has 0 atom stereocenters. The fourth-order valence-electron chi connectivity index (χ4n) is 1.55. The summed E-state index contributed by atoms with van der Waals surface area (Å²) < 4.78 is 6.35. The van der Waals surface area contributed by atoms with Crippen molar-refractivity contribution in [3.63, 3.8) is 0 Å². The van der Waals surface area contributed by atoms with E-state index in [9.17, 15) is 0 Å². The monoisotopic (exact) mass is 311 g/mol. The topological polar surface area (TPSA) is 51.3 Å². The average molecular weight is 312 g/mol. The van der Waals surface area contributed by atoms with E-state index in [2.05, 4.69) is 15.1 Å². The second-order valence-corrected chi connectivity index (χ2v) is 6.55. The van der Waals surface area contributed by atoms with Crippen LogP contribution in [-0.4, -0.2) is 26.8 Å². The molecule has 0 fully saturated rings. The maximum atomic E-state index is 5.84. The first-order valence-electron chi connectivity index (χ1n) is 5.70. The van der Waals surface area contributed by atoms with Crippen molar-refractivity contribution >= 4 is 39.5 Å². The van der Waals surface area contributed by atoms with E-state index in [0.717, 1.165) is 22.2 Å². The van der Waals surface area contributed by atoms with Crippen LogP contribution in [0.4, 0.5) is 0 Å². The van der Waals surface area contributed by atoms with Crippen LogP contribution in [0.15, 0.2) is 33.8 Å². The number of nitrogens with zero attached hydrogens (tertiary/aromatic N) is 3. The van der Waals surface area contributed by atoms with Gasteiger partial charge in [-0.3, -0.25) is 4.99 Å². The molecule has 1 aliphatic rings. The van der Waals surface area contributed by atoms with Crippen molar-refractivity contribution in [3.05, 3.63) is 35.1 Å². The van der Waals surface area contributed by atoms with Crippen molar-refractivity contribution in [2.45, 2.75) is 5.75 Å². The first kappa shape index (κ1) is 13.0. The number of halogens is 1. The standard InChI is InChI=1S/C12H10ClN3OS2/c13-9-3-1-8(2-4-9)11-15-10(16-17-11)7-19-12-14-5-6-18-12/h1-4H,5-7H2. The molecule has 0 saturated heterocycles. The molecule has 4 nitrogen and oxygen atoms in total. The van der Waals surface area contributed by atoms with Crippen LogP contribution in [0.5, 0.6) is 0 Å². The lowest BCUT2D eigenvalue weighted by atomic mass is 10.2. The molecule has 7 heteroatoms. The van der Waals surface area contributed by atoms with Crippen molar-refractivity contribution in [2.75, 3.05) is 12.3 Å². The highest BCUT2D eigenvalue weighted by atomic mass is 35.5. The highest BCUT2D eigenvalue weighted by Crippen LogP contribution is 2.25. The zero-order valence-corrected chi connectivity index (χ0v) is 12.3. The van der Waals surface area contributed by atoms with Crippen LogP contribution < -0.4 is 0 Å². The van der Waals surface area contributed by atoms with E-state index in [4.69, 9.17) is 16.1 Å². The van der Waals surface area contributed by atoms with Crippen molar-refractivity contribution < 1.29 is 4.52 Å². The number of benzene rings is 1. The van der Waals surface area contributed by atoms with Crippen molar-refractivity contribution in [1.82, 2.24) is 10.1 Å². The van der Waals surface area contributed by atoms with E-state index in [1.165, 1.54) is 0 Å². The Morgan fingerprint density at radius 2 is 2.16 bits per heavy atom. The fraction of sp³-hybridized carbons (Fsp3) is 0.250. The van der Waals surface area contributed by atoms with Crippen LogP contribution in [0.1, 0.15) is 5.82 Å². The summed E-state index contributed by atoms with van der Waals surface area (Å²) in [7, 11) is 0. The zero-order chi connectivity index (χ0) is 13.1. The third-order valence-corrected chi connectivity index (χ3v) is 4.94. The summed E-state index contributed by atoms with van der Waals surface area (Å²) in [4.78, 5) is 8.73. The molecule has 0 spiro atoms. The number of aromatic nitrogens is 2. The van der Waals surface area contributed by atoms with Gasteiger partial charge in [-0.1, -0.05) is 40.3 Å². The van der Waals surface area contributed by atoms with Crippen molar-refractivity contribution in [3.8, 4) is 11.5 Å². The summed E-state index contributed by atoms with van der Waals surface area (Å²) >= 11 is 9.27. The lowest BCUT2D eigenvalue weighted by molar-refractivity contribution is 0.425. The molecular formula is C12H10ClN3OS2. The SMILES string of the molecule is Clc1ccc(-c2nc(CSC3=NCCS3)no2)cc1. The Labute approximate surface area is 124 Å². The largest absolute Gasteiger partial charge is 0.334 e. The molecule has 2 aromatic rings. The van der Waals surface area contributed by atoms with Crippen LogP contribution in [0.2, 0.25) is 5.02 Å². The molecule has 1 aliphatic heterocycles. The smallest absolute Gasteiger partial charge is 0.257 e. The zero-order valence-electron chi connectivity index (χ0n) is 9.88. The summed E-state index contributed by atoms with van der Waals surface area (Å²) in [5.41, 5.74) is 0.876. The highest BCUT2D eigenvalue weighted by Gasteiger charge is 2.12. The minimum absolute atomic E-state index is 0.522. The predicted octanol–water partition coefficient (Wildman–Crippen LogP) is 3.73. The molecule has 2 heterocycles. The Balaban J connectivity index is 1.67. The molecule has 3 rings (SSSR count). The van der Waals surface area contributed by atoms with E-state index in [1.807, 2.05) is 12.1 Å². The van der Waals surface area contributed by atoms with Gasteiger partial charge >= 0.3 is 0 Å². The molecule has 1 aromatic carbocycles. The quantitative estimate of drug-likeness (QED) is 0.864. The molecule has 0 aliphatic carbocycles. The molecule has 1 aromatic heterocycles. The van der Waals surface area contributed by atoms with E-state index in [1.54, 1.807) is 35.7 Å². The highest BCUT2D eigenvalue weighted by molar-refractivity contribution is 8.38. The van der Waals surface area contributed by atoms with Gasteiger partial charge in [0, 0.05) is 16.3 Å². The number of thioether (sulfide) groups is 2. The van der Waals surface area contributed by atoms with Gasteiger partial charge in [-0.15, -0.1) is 0 Å². The summed E-state index contributed by atoms with van der Waals surface area (Å²) in [5.74, 6) is 2.96. The van der Waals surface area contributed by atoms with Crippen LogP contribution in [-0.2, 0) is 5.75 Å². The molecule has 0 unspecified atom stereocenters. The number of aliphatic imine (C=N–C) groups is 1. The van der Waals surface area contributed by atoms with Crippen LogP contribution >= 0.6 is 35.1 Å². The number of hydrogen-bond donors (Lipinski definition) is 0. The van der Waals surface area contributed by atoms with E-state index < -0.39 is 0 Å². The lowest BCUT2D eigenvalue weighted by Crippen LogP contribution is -1.87. The maximum Gasteiger partial charge on any atom is 0.257 e. The first-order chi connectivity index (χ1) is 9.31. The molecule has 0 N–H and O–H groups in total. The third-order valence-electron chi connectivity index (χ3n) is 2.44. The number of rotatable bonds is 3. The molecule has 19 heavy (non-hydrogen) atoms. The Kier molecular flexibility index (Phi) is 4.10. The average Bonchev–Trinajstić information content (AvgIpc) is 3.09. The molecule has 0 radical (unpaired) electrons. The summed E-state index contributed by atoms with van der Waals surface area (Å²) in [5, 5.41) is 4.66. The molecule has 0 saturated carbocycles. The van der Waals surface area contributed by atoms with Gasteiger partial charge in [0.15, 0.2) is 5.82 Å². The van der Waals surface area contributed by atoms with Gasteiger partial charge in [0.25, 0.3) is 5.89 Å². The molecule has 98 valence electrons. The van der Waals surface area contributed by atoms with Crippen molar-refractivity contribution in [1.29, 1.82) is 0 Å². The van der Waals surface area contributed by atoms with Gasteiger partial charge in [0.2, 0.25) is 0 Å². The Morgan fingerprint density at radius 3 is 2.89 bits per heavy atom. The van der Waals surface area contributed by atoms with E-state index in [-0.39, 0.29) is 0 Å². The minimum atomic E-state index is 0.522. The van der Waals surface area contributed by atoms with Crippen LogP contribution in [0, 0.1) is 0 Å². The summed E-state index contributed by atoms with van der Waals surface area (Å²) in [6.45, 7) is 0.912. The van der Waals surface area contributed by atoms with Gasteiger partial charge < -0.3 is 4.52 Å². The second kappa shape index (κ2) is 5.98. The molecule has 0 bridgehead atoms. The maximum absolute atomic E-state index is 5.84. The van der Waals surface area contributed by atoms with Gasteiger partial charge in [-0.25, -0.2) is 0 Å². The normalized spacial score (nSPS) is 14.7. The third kappa shape index (κ3) is 3.32. The molecule has 0 amide bonds. The van der Waals surface area contributed by atoms with E-state index in [0.29, 0.717) is 22.5 Å². The van der Waals surface area contributed by atoms with Crippen molar-refractivity contribution in [2.24, 2.45) is 4.99 Å².